The van der Waals surface area contributed by atoms with Crippen LogP contribution in [0.15, 0.2) is 35.2 Å². The van der Waals surface area contributed by atoms with Crippen LogP contribution < -0.4 is 16.0 Å². The van der Waals surface area contributed by atoms with Gasteiger partial charge in [0.25, 0.3) is 5.91 Å². The van der Waals surface area contributed by atoms with Crippen molar-refractivity contribution < 1.29 is 9.21 Å². The van der Waals surface area contributed by atoms with Gasteiger partial charge < -0.3 is 20.4 Å². The Balaban J connectivity index is 0.00000225. The Hall–Kier alpha value is -1.58. The van der Waals surface area contributed by atoms with Crippen LogP contribution in [-0.4, -0.2) is 60.0 Å². The van der Waals surface area contributed by atoms with Gasteiger partial charge in [-0.15, -0.1) is 37.2 Å². The third-order valence-corrected chi connectivity index (χ3v) is 4.04. The molecule has 11 heteroatoms. The van der Waals surface area contributed by atoms with Gasteiger partial charge in [0.2, 0.25) is 5.95 Å². The maximum atomic E-state index is 12.0. The molecule has 2 aromatic heterocycles. The molecule has 1 aliphatic rings. The largest absolute Gasteiger partial charge is 0.467 e. The molecule has 1 amide bonds. The van der Waals surface area contributed by atoms with Crippen LogP contribution in [0.5, 0.6) is 0 Å². The second-order valence-corrected chi connectivity index (χ2v) is 5.64. The standard InChI is InChI=1S/C16H22N6O2.3ClH/c17-11-14-10-13(12-24-14)15(23)18-4-5-21-6-8-22(9-7-21)16-19-2-1-3-20-16;;;/h1-3,10,12H,4-9,11,17H2,(H,18,23);3*1H. The molecule has 1 aliphatic heterocycles. The molecule has 0 radical (unpaired) electrons. The number of hydrogen-bond acceptors (Lipinski definition) is 7. The van der Waals surface area contributed by atoms with Crippen molar-refractivity contribution in [1.82, 2.24) is 20.2 Å². The van der Waals surface area contributed by atoms with Crippen molar-refractivity contribution in [3.05, 3.63) is 42.1 Å². The smallest absolute Gasteiger partial charge is 0.254 e. The Morgan fingerprint density at radius 1 is 1.15 bits per heavy atom. The molecule has 1 saturated heterocycles. The van der Waals surface area contributed by atoms with Crippen LogP contribution >= 0.6 is 37.2 Å². The fourth-order valence-electron chi connectivity index (χ4n) is 2.66. The van der Waals surface area contributed by atoms with E-state index in [1.807, 2.05) is 6.07 Å². The molecular formula is C16H25Cl3N6O2. The summed E-state index contributed by atoms with van der Waals surface area (Å²) in [5.74, 6) is 1.26. The number of anilines is 1. The van der Waals surface area contributed by atoms with Gasteiger partial charge in [-0.2, -0.15) is 0 Å². The number of nitrogens with two attached hydrogens (primary N) is 1. The number of hydrogen-bond donors (Lipinski definition) is 2. The van der Waals surface area contributed by atoms with Crippen molar-refractivity contribution in [2.45, 2.75) is 6.54 Å². The minimum Gasteiger partial charge on any atom is -0.467 e. The predicted octanol–water partition coefficient (Wildman–Crippen LogP) is 1.35. The molecule has 0 aliphatic carbocycles. The molecule has 3 heterocycles. The third-order valence-electron chi connectivity index (χ3n) is 4.04. The summed E-state index contributed by atoms with van der Waals surface area (Å²) >= 11 is 0. The van der Waals surface area contributed by atoms with Gasteiger partial charge in [-0.1, -0.05) is 0 Å². The molecule has 0 aromatic carbocycles. The lowest BCUT2D eigenvalue weighted by Gasteiger charge is -2.34. The predicted molar refractivity (Wildman–Crippen MR) is 111 cm³/mol. The Kier molecular flexibility index (Phi) is 12.0. The highest BCUT2D eigenvalue weighted by Crippen LogP contribution is 2.09. The van der Waals surface area contributed by atoms with E-state index >= 15 is 0 Å². The number of rotatable bonds is 6. The normalized spacial score (nSPS) is 13.7. The van der Waals surface area contributed by atoms with Crippen LogP contribution in [0, 0.1) is 0 Å². The fraction of sp³-hybridized carbons (Fsp3) is 0.438. The van der Waals surface area contributed by atoms with E-state index in [-0.39, 0.29) is 43.1 Å². The first-order valence-electron chi connectivity index (χ1n) is 8.06. The number of carbonyl (C=O) groups is 1. The second kappa shape index (κ2) is 12.7. The van der Waals surface area contributed by atoms with Crippen molar-refractivity contribution >= 4 is 49.1 Å². The average molecular weight is 440 g/mol. The SMILES string of the molecule is Cl.Cl.Cl.NCc1cc(C(=O)NCCN2CCN(c3ncccn3)CC2)co1. The number of nitrogens with zero attached hydrogens (tertiary/aromatic N) is 4. The molecule has 0 spiro atoms. The topological polar surface area (TPSA) is 101 Å². The maximum Gasteiger partial charge on any atom is 0.254 e. The van der Waals surface area contributed by atoms with E-state index in [0.29, 0.717) is 24.4 Å². The van der Waals surface area contributed by atoms with Crippen molar-refractivity contribution in [3.8, 4) is 0 Å². The summed E-state index contributed by atoms with van der Waals surface area (Å²) in [7, 11) is 0. The van der Waals surface area contributed by atoms with Crippen LogP contribution in [0.3, 0.4) is 0 Å². The summed E-state index contributed by atoms with van der Waals surface area (Å²) in [6, 6.07) is 3.49. The second-order valence-electron chi connectivity index (χ2n) is 5.64. The van der Waals surface area contributed by atoms with Crippen molar-refractivity contribution in [2.24, 2.45) is 5.73 Å². The summed E-state index contributed by atoms with van der Waals surface area (Å²) in [6.45, 7) is 5.34. The van der Waals surface area contributed by atoms with Gasteiger partial charge in [0.15, 0.2) is 0 Å². The number of halogens is 3. The number of aromatic nitrogens is 2. The Labute approximate surface area is 177 Å². The summed E-state index contributed by atoms with van der Waals surface area (Å²) in [6.07, 6.45) is 4.96. The molecule has 27 heavy (non-hydrogen) atoms. The summed E-state index contributed by atoms with van der Waals surface area (Å²) in [4.78, 5) is 25.0. The summed E-state index contributed by atoms with van der Waals surface area (Å²) in [5.41, 5.74) is 5.98. The lowest BCUT2D eigenvalue weighted by Crippen LogP contribution is -2.49. The van der Waals surface area contributed by atoms with E-state index in [1.165, 1.54) is 6.26 Å². The summed E-state index contributed by atoms with van der Waals surface area (Å²) in [5, 5.41) is 2.91. The van der Waals surface area contributed by atoms with E-state index in [2.05, 4.69) is 25.1 Å². The van der Waals surface area contributed by atoms with Crippen LogP contribution in [0.2, 0.25) is 0 Å². The van der Waals surface area contributed by atoms with Gasteiger partial charge in [0.1, 0.15) is 12.0 Å². The molecule has 0 atom stereocenters. The van der Waals surface area contributed by atoms with Crippen molar-refractivity contribution in [2.75, 3.05) is 44.2 Å². The molecule has 152 valence electrons. The molecule has 2 aromatic rings. The minimum atomic E-state index is -0.130. The summed E-state index contributed by atoms with van der Waals surface area (Å²) < 4.78 is 5.17. The number of nitrogens with one attached hydrogen (secondary N) is 1. The van der Waals surface area contributed by atoms with E-state index in [9.17, 15) is 4.79 Å². The van der Waals surface area contributed by atoms with Gasteiger partial charge in [-0.05, 0) is 12.1 Å². The zero-order chi connectivity index (χ0) is 16.8. The average Bonchev–Trinajstić information content (AvgIpc) is 3.12. The first kappa shape index (κ1) is 25.4. The molecule has 0 saturated carbocycles. The van der Waals surface area contributed by atoms with Gasteiger partial charge in [0.05, 0.1) is 12.1 Å². The van der Waals surface area contributed by atoms with Crippen molar-refractivity contribution in [3.63, 3.8) is 0 Å². The fourth-order valence-corrected chi connectivity index (χ4v) is 2.66. The first-order valence-corrected chi connectivity index (χ1v) is 8.06. The highest BCUT2D eigenvalue weighted by molar-refractivity contribution is 5.93. The number of furan rings is 1. The molecule has 1 fully saturated rings. The first-order chi connectivity index (χ1) is 11.8. The lowest BCUT2D eigenvalue weighted by molar-refractivity contribution is 0.0947. The molecular weight excluding hydrogens is 415 g/mol. The van der Waals surface area contributed by atoms with Gasteiger partial charge in [-0.3, -0.25) is 9.69 Å². The van der Waals surface area contributed by atoms with E-state index in [4.69, 9.17) is 10.2 Å². The highest BCUT2D eigenvalue weighted by atomic mass is 35.5. The zero-order valence-electron chi connectivity index (χ0n) is 14.7. The minimum absolute atomic E-state index is 0. The van der Waals surface area contributed by atoms with Gasteiger partial charge in [-0.25, -0.2) is 9.97 Å². The molecule has 0 bridgehead atoms. The van der Waals surface area contributed by atoms with Crippen LogP contribution in [0.4, 0.5) is 5.95 Å². The highest BCUT2D eigenvalue weighted by Gasteiger charge is 2.18. The number of piperazine rings is 1. The Bertz CT molecular complexity index is 665. The Morgan fingerprint density at radius 3 is 2.41 bits per heavy atom. The van der Waals surface area contributed by atoms with Crippen molar-refractivity contribution in [1.29, 1.82) is 0 Å². The Morgan fingerprint density at radius 2 is 1.81 bits per heavy atom. The number of carbonyl (C=O) groups excluding carboxylic acids is 1. The molecule has 3 rings (SSSR count). The zero-order valence-corrected chi connectivity index (χ0v) is 17.2. The van der Waals surface area contributed by atoms with Gasteiger partial charge >= 0.3 is 0 Å². The maximum absolute atomic E-state index is 12.0. The van der Waals surface area contributed by atoms with Gasteiger partial charge in [0, 0.05) is 51.7 Å². The molecule has 8 nitrogen and oxygen atoms in total. The monoisotopic (exact) mass is 438 g/mol. The van der Waals surface area contributed by atoms with Crippen LogP contribution in [0.25, 0.3) is 0 Å². The lowest BCUT2D eigenvalue weighted by atomic mass is 10.3. The number of amides is 1. The third kappa shape index (κ3) is 7.15. The van der Waals surface area contributed by atoms with Crippen LogP contribution in [0.1, 0.15) is 16.1 Å². The van der Waals surface area contributed by atoms with E-state index in [1.54, 1.807) is 18.5 Å². The molecule has 0 unspecified atom stereocenters. The van der Waals surface area contributed by atoms with Crippen LogP contribution in [-0.2, 0) is 6.54 Å². The molecule has 3 N–H and O–H groups in total. The quantitative estimate of drug-likeness (QED) is 0.700. The van der Waals surface area contributed by atoms with E-state index < -0.39 is 0 Å². The van der Waals surface area contributed by atoms with E-state index in [0.717, 1.165) is 38.7 Å².